The highest BCUT2D eigenvalue weighted by molar-refractivity contribution is 5.57. The molecule has 1 aliphatic rings. The van der Waals surface area contributed by atoms with Gasteiger partial charge in [0.15, 0.2) is 5.82 Å². The Hall–Kier alpha value is -3.55. The number of piperazine rings is 1. The second-order valence-electron chi connectivity index (χ2n) is 6.68. The van der Waals surface area contributed by atoms with Crippen molar-refractivity contribution < 1.29 is 18.7 Å². The number of methoxy groups -OCH3 is 1. The van der Waals surface area contributed by atoms with Crippen LogP contribution in [0.1, 0.15) is 0 Å². The Bertz CT molecular complexity index is 929. The Balaban J connectivity index is 1.44. The number of ether oxygens (including phenoxy) is 2. The Morgan fingerprint density at radius 1 is 1.21 bits per heavy atom. The van der Waals surface area contributed by atoms with Crippen molar-refractivity contribution >= 4 is 12.2 Å². The molecule has 1 unspecified atom stereocenters. The summed E-state index contributed by atoms with van der Waals surface area (Å²) in [6.07, 6.45) is 5.87. The van der Waals surface area contributed by atoms with Crippen molar-refractivity contribution in [1.29, 1.82) is 0 Å². The van der Waals surface area contributed by atoms with E-state index in [9.17, 15) is 4.79 Å². The van der Waals surface area contributed by atoms with Gasteiger partial charge in [-0.25, -0.2) is 0 Å². The first-order valence-corrected chi connectivity index (χ1v) is 9.35. The zero-order valence-corrected chi connectivity index (χ0v) is 16.1. The number of hydrogen-bond donors (Lipinski definition) is 0. The van der Waals surface area contributed by atoms with Gasteiger partial charge in [-0.3, -0.25) is 9.78 Å². The molecule has 29 heavy (non-hydrogen) atoms. The highest BCUT2D eigenvalue weighted by Gasteiger charge is 2.28. The molecule has 150 valence electrons. The number of pyridine rings is 1. The van der Waals surface area contributed by atoms with E-state index < -0.39 is 0 Å². The molecule has 1 aliphatic heterocycles. The van der Waals surface area contributed by atoms with E-state index in [2.05, 4.69) is 14.9 Å². The van der Waals surface area contributed by atoms with Crippen molar-refractivity contribution in [2.75, 3.05) is 38.3 Å². The fraction of sp³-hybridized carbons (Fsp3) is 0.286. The molecule has 1 aromatic carbocycles. The normalized spacial score (nSPS) is 16.5. The molecule has 8 nitrogen and oxygen atoms in total. The third-order valence-corrected chi connectivity index (χ3v) is 4.89. The summed E-state index contributed by atoms with van der Waals surface area (Å²) < 4.78 is 16.7. The Morgan fingerprint density at radius 2 is 2.07 bits per heavy atom. The first kappa shape index (κ1) is 18.8. The number of carbonyl (C=O) groups is 1. The predicted octanol–water partition coefficient (Wildman–Crippen LogP) is 2.47. The minimum atomic E-state index is -0.0948. The second-order valence-corrected chi connectivity index (χ2v) is 6.68. The van der Waals surface area contributed by atoms with E-state index in [0.717, 1.165) is 23.5 Å². The van der Waals surface area contributed by atoms with Gasteiger partial charge < -0.3 is 23.7 Å². The van der Waals surface area contributed by atoms with E-state index in [1.54, 1.807) is 30.7 Å². The van der Waals surface area contributed by atoms with Crippen molar-refractivity contribution in [3.8, 4) is 23.0 Å². The fourth-order valence-electron chi connectivity index (χ4n) is 3.27. The monoisotopic (exact) mass is 394 g/mol. The van der Waals surface area contributed by atoms with Gasteiger partial charge in [-0.15, -0.1) is 0 Å². The predicted molar refractivity (Wildman–Crippen MR) is 107 cm³/mol. The highest BCUT2D eigenvalue weighted by Crippen LogP contribution is 2.26. The molecule has 1 saturated heterocycles. The van der Waals surface area contributed by atoms with Crippen molar-refractivity contribution in [3.05, 3.63) is 55.1 Å². The van der Waals surface area contributed by atoms with Crippen LogP contribution in [0.4, 0.5) is 5.82 Å². The largest absolute Gasteiger partial charge is 0.497 e. The number of carbonyl (C=O) groups excluding carboxylic acids is 1. The maximum atomic E-state index is 11.5. The molecule has 0 spiro atoms. The highest BCUT2D eigenvalue weighted by atomic mass is 16.5. The SMILES string of the molecule is COc1ccc(-c2nc(N3CCN(C=O)C(COc4cccnc4)C3)co2)cc1. The smallest absolute Gasteiger partial charge is 0.227 e. The molecule has 1 amide bonds. The molecule has 0 saturated carbocycles. The summed E-state index contributed by atoms with van der Waals surface area (Å²) in [6, 6.07) is 11.1. The van der Waals surface area contributed by atoms with Gasteiger partial charge in [0.05, 0.1) is 19.3 Å². The minimum absolute atomic E-state index is 0.0948. The molecule has 0 N–H and O–H groups in total. The molecular formula is C21H22N4O4. The third-order valence-electron chi connectivity index (χ3n) is 4.89. The molecule has 0 radical (unpaired) electrons. The molecule has 0 bridgehead atoms. The van der Waals surface area contributed by atoms with E-state index in [0.29, 0.717) is 37.9 Å². The van der Waals surface area contributed by atoms with Crippen molar-refractivity contribution in [3.63, 3.8) is 0 Å². The Labute approximate surface area is 168 Å². The summed E-state index contributed by atoms with van der Waals surface area (Å²) in [6.45, 7) is 2.25. The van der Waals surface area contributed by atoms with Crippen LogP contribution in [0.15, 0.2) is 59.5 Å². The second kappa shape index (κ2) is 8.64. The van der Waals surface area contributed by atoms with Gasteiger partial charge in [0.25, 0.3) is 0 Å². The van der Waals surface area contributed by atoms with Gasteiger partial charge in [0.1, 0.15) is 24.4 Å². The Morgan fingerprint density at radius 3 is 2.79 bits per heavy atom. The molecule has 4 rings (SSSR count). The maximum Gasteiger partial charge on any atom is 0.227 e. The van der Waals surface area contributed by atoms with Gasteiger partial charge in [-0.1, -0.05) is 0 Å². The molecule has 3 aromatic rings. The van der Waals surface area contributed by atoms with Crippen molar-refractivity contribution in [2.45, 2.75) is 6.04 Å². The molecule has 1 fully saturated rings. The molecule has 2 aromatic heterocycles. The maximum absolute atomic E-state index is 11.5. The van der Waals surface area contributed by atoms with Crippen LogP contribution in [0.25, 0.3) is 11.5 Å². The topological polar surface area (TPSA) is 80.9 Å². The lowest BCUT2D eigenvalue weighted by molar-refractivity contribution is -0.121. The molecule has 3 heterocycles. The standard InChI is InChI=1S/C21H22N4O4/c1-27-18-6-4-16(5-7-18)21-23-20(14-29-21)24-9-10-25(15-26)17(12-24)13-28-19-3-2-8-22-11-19/h2-8,11,14-15,17H,9-10,12-13H2,1H3. The Kier molecular flexibility index (Phi) is 5.60. The van der Waals surface area contributed by atoms with Crippen LogP contribution >= 0.6 is 0 Å². The summed E-state index contributed by atoms with van der Waals surface area (Å²) in [5, 5.41) is 0. The lowest BCUT2D eigenvalue weighted by Gasteiger charge is -2.39. The van der Waals surface area contributed by atoms with E-state index >= 15 is 0 Å². The lowest BCUT2D eigenvalue weighted by Crippen LogP contribution is -2.55. The molecule has 0 aliphatic carbocycles. The zero-order valence-electron chi connectivity index (χ0n) is 16.1. The number of aromatic nitrogens is 2. The average Bonchev–Trinajstić information content (AvgIpc) is 3.28. The van der Waals surface area contributed by atoms with Gasteiger partial charge in [0, 0.05) is 31.4 Å². The lowest BCUT2D eigenvalue weighted by atomic mass is 10.2. The first-order chi connectivity index (χ1) is 14.3. The number of benzene rings is 1. The van der Waals surface area contributed by atoms with Crippen LogP contribution in [0.3, 0.4) is 0 Å². The molecule has 8 heteroatoms. The van der Waals surface area contributed by atoms with E-state index in [1.807, 2.05) is 36.4 Å². The van der Waals surface area contributed by atoms with E-state index in [4.69, 9.17) is 13.9 Å². The summed E-state index contributed by atoms with van der Waals surface area (Å²) in [5.74, 6) is 2.75. The molecular weight excluding hydrogens is 372 g/mol. The number of amides is 1. The fourth-order valence-corrected chi connectivity index (χ4v) is 3.27. The summed E-state index contributed by atoms with van der Waals surface area (Å²) in [7, 11) is 1.63. The third kappa shape index (κ3) is 4.31. The first-order valence-electron chi connectivity index (χ1n) is 9.35. The van der Waals surface area contributed by atoms with Crippen LogP contribution in [0.2, 0.25) is 0 Å². The van der Waals surface area contributed by atoms with Gasteiger partial charge in [-0.05, 0) is 36.4 Å². The summed E-state index contributed by atoms with van der Waals surface area (Å²) in [5.41, 5.74) is 0.875. The number of rotatable bonds is 7. The van der Waals surface area contributed by atoms with E-state index in [1.165, 1.54) is 0 Å². The number of anilines is 1. The van der Waals surface area contributed by atoms with Gasteiger partial charge in [-0.2, -0.15) is 4.98 Å². The van der Waals surface area contributed by atoms with Crippen LogP contribution in [-0.2, 0) is 4.79 Å². The average molecular weight is 394 g/mol. The number of oxazole rings is 1. The van der Waals surface area contributed by atoms with Crippen molar-refractivity contribution in [1.82, 2.24) is 14.9 Å². The van der Waals surface area contributed by atoms with Crippen LogP contribution in [-0.4, -0.2) is 60.7 Å². The minimum Gasteiger partial charge on any atom is -0.497 e. The van der Waals surface area contributed by atoms with Gasteiger partial charge in [0.2, 0.25) is 12.3 Å². The summed E-state index contributed by atoms with van der Waals surface area (Å²) >= 11 is 0. The van der Waals surface area contributed by atoms with Crippen molar-refractivity contribution in [2.24, 2.45) is 0 Å². The van der Waals surface area contributed by atoms with Gasteiger partial charge >= 0.3 is 0 Å². The number of nitrogens with zero attached hydrogens (tertiary/aromatic N) is 4. The molecule has 1 atom stereocenters. The summed E-state index contributed by atoms with van der Waals surface area (Å²) in [4.78, 5) is 24.0. The van der Waals surface area contributed by atoms with Crippen LogP contribution in [0.5, 0.6) is 11.5 Å². The van der Waals surface area contributed by atoms with Crippen LogP contribution in [0, 0.1) is 0 Å². The van der Waals surface area contributed by atoms with Crippen LogP contribution < -0.4 is 14.4 Å². The van der Waals surface area contributed by atoms with E-state index in [-0.39, 0.29) is 6.04 Å². The zero-order chi connectivity index (χ0) is 20.1. The number of hydrogen-bond acceptors (Lipinski definition) is 7. The quantitative estimate of drug-likeness (QED) is 0.570.